The fraction of sp³-hybridized carbons (Fsp3) is 0.200. The summed E-state index contributed by atoms with van der Waals surface area (Å²) < 4.78 is 6.39. The lowest BCUT2D eigenvalue weighted by Gasteiger charge is -2.15. The Hall–Kier alpha value is -0.900. The second kappa shape index (κ2) is 6.70. The summed E-state index contributed by atoms with van der Waals surface area (Å²) >= 11 is 15.5. The third-order valence-corrected chi connectivity index (χ3v) is 4.00. The summed E-state index contributed by atoms with van der Waals surface area (Å²) in [6.07, 6.45) is 0. The molecule has 0 aromatic heterocycles. The van der Waals surface area contributed by atoms with Crippen LogP contribution in [-0.2, 0) is 6.54 Å². The number of halogens is 3. The number of benzene rings is 2. The molecule has 2 rings (SSSR count). The molecular weight excluding hydrogens is 361 g/mol. The van der Waals surface area contributed by atoms with Crippen LogP contribution in [-0.4, -0.2) is 7.11 Å². The zero-order valence-corrected chi connectivity index (χ0v) is 14.2. The summed E-state index contributed by atoms with van der Waals surface area (Å²) in [5, 5.41) is 4.65. The van der Waals surface area contributed by atoms with Gasteiger partial charge in [0.2, 0.25) is 0 Å². The number of rotatable bonds is 4. The number of hydrogen-bond donors (Lipinski definition) is 1. The molecular formula is C15H14BrCl2NO. The highest BCUT2D eigenvalue weighted by atomic mass is 79.9. The Balaban J connectivity index is 2.22. The van der Waals surface area contributed by atoms with E-state index in [1.165, 1.54) is 0 Å². The summed E-state index contributed by atoms with van der Waals surface area (Å²) in [6.45, 7) is 2.63. The van der Waals surface area contributed by atoms with Crippen LogP contribution in [0.2, 0.25) is 10.0 Å². The number of aryl methyl sites for hydroxylation is 1. The average Bonchev–Trinajstić information content (AvgIpc) is 2.38. The first-order valence-corrected chi connectivity index (χ1v) is 7.58. The average molecular weight is 375 g/mol. The Morgan fingerprint density at radius 1 is 1.20 bits per heavy atom. The van der Waals surface area contributed by atoms with E-state index in [4.69, 9.17) is 27.9 Å². The molecule has 0 unspecified atom stereocenters. The van der Waals surface area contributed by atoms with Crippen LogP contribution in [0.25, 0.3) is 0 Å². The lowest BCUT2D eigenvalue weighted by molar-refractivity contribution is 0.416. The molecule has 0 atom stereocenters. The minimum Gasteiger partial charge on any atom is -0.495 e. The van der Waals surface area contributed by atoms with Crippen molar-refractivity contribution < 1.29 is 4.74 Å². The molecule has 106 valence electrons. The van der Waals surface area contributed by atoms with Crippen molar-refractivity contribution in [3.63, 3.8) is 0 Å². The molecule has 0 saturated heterocycles. The van der Waals surface area contributed by atoms with Crippen molar-refractivity contribution in [3.8, 4) is 5.75 Å². The van der Waals surface area contributed by atoms with E-state index in [2.05, 4.69) is 21.2 Å². The molecule has 0 bridgehead atoms. The van der Waals surface area contributed by atoms with Gasteiger partial charge in [0.1, 0.15) is 5.75 Å². The van der Waals surface area contributed by atoms with E-state index in [0.717, 1.165) is 27.0 Å². The van der Waals surface area contributed by atoms with Gasteiger partial charge < -0.3 is 10.1 Å². The molecule has 20 heavy (non-hydrogen) atoms. The van der Waals surface area contributed by atoms with Gasteiger partial charge in [0, 0.05) is 21.1 Å². The molecule has 2 aromatic carbocycles. The Morgan fingerprint density at radius 2 is 1.95 bits per heavy atom. The molecule has 0 radical (unpaired) electrons. The molecule has 0 aliphatic heterocycles. The maximum absolute atomic E-state index is 6.17. The van der Waals surface area contributed by atoms with Gasteiger partial charge in [-0.15, -0.1) is 0 Å². The third kappa shape index (κ3) is 3.60. The molecule has 2 aromatic rings. The molecule has 0 aliphatic rings. The SMILES string of the molecule is COc1cc(Br)cc(C)c1NCc1ccc(Cl)cc1Cl. The van der Waals surface area contributed by atoms with Crippen LogP contribution in [0, 0.1) is 6.92 Å². The first kappa shape index (κ1) is 15.5. The van der Waals surface area contributed by atoms with Gasteiger partial charge in [-0.1, -0.05) is 45.2 Å². The Kier molecular flexibility index (Phi) is 5.19. The van der Waals surface area contributed by atoms with E-state index in [1.54, 1.807) is 13.2 Å². The predicted molar refractivity (Wildman–Crippen MR) is 89.2 cm³/mol. The summed E-state index contributed by atoms with van der Waals surface area (Å²) in [4.78, 5) is 0. The minimum atomic E-state index is 0.606. The molecule has 1 N–H and O–H groups in total. The Labute approximate surface area is 137 Å². The van der Waals surface area contributed by atoms with Crippen LogP contribution in [0.3, 0.4) is 0 Å². The fourth-order valence-electron chi connectivity index (χ4n) is 1.95. The first-order chi connectivity index (χ1) is 9.51. The lowest BCUT2D eigenvalue weighted by Crippen LogP contribution is -2.04. The van der Waals surface area contributed by atoms with Crippen LogP contribution >= 0.6 is 39.1 Å². The van der Waals surface area contributed by atoms with Gasteiger partial charge in [-0.25, -0.2) is 0 Å². The van der Waals surface area contributed by atoms with E-state index < -0.39 is 0 Å². The predicted octanol–water partition coefficient (Wildman–Crippen LogP) is 5.69. The smallest absolute Gasteiger partial charge is 0.143 e. The van der Waals surface area contributed by atoms with Crippen LogP contribution in [0.5, 0.6) is 5.75 Å². The number of ether oxygens (including phenoxy) is 1. The maximum Gasteiger partial charge on any atom is 0.143 e. The van der Waals surface area contributed by atoms with Crippen LogP contribution in [0.4, 0.5) is 5.69 Å². The van der Waals surface area contributed by atoms with E-state index in [-0.39, 0.29) is 0 Å². The lowest BCUT2D eigenvalue weighted by atomic mass is 10.1. The van der Waals surface area contributed by atoms with Crippen molar-refractivity contribution in [3.05, 3.63) is 56.0 Å². The Morgan fingerprint density at radius 3 is 2.60 bits per heavy atom. The van der Waals surface area contributed by atoms with Gasteiger partial charge >= 0.3 is 0 Å². The normalized spacial score (nSPS) is 10.4. The standard InChI is InChI=1S/C15H14BrCl2NO/c1-9-5-11(16)6-14(20-2)15(9)19-8-10-3-4-12(17)7-13(10)18/h3-7,19H,8H2,1-2H3. The van der Waals surface area contributed by atoms with Gasteiger partial charge in [-0.05, 0) is 42.3 Å². The van der Waals surface area contributed by atoms with Gasteiger partial charge in [-0.3, -0.25) is 0 Å². The Bertz CT molecular complexity index is 632. The number of nitrogens with one attached hydrogen (secondary N) is 1. The molecule has 0 heterocycles. The number of hydrogen-bond acceptors (Lipinski definition) is 2. The largest absolute Gasteiger partial charge is 0.495 e. The molecule has 0 aliphatic carbocycles. The fourth-order valence-corrected chi connectivity index (χ4v) is 2.98. The molecule has 0 saturated carbocycles. The summed E-state index contributed by atoms with van der Waals surface area (Å²) in [6, 6.07) is 9.45. The van der Waals surface area contributed by atoms with Crippen LogP contribution in [0.15, 0.2) is 34.8 Å². The minimum absolute atomic E-state index is 0.606. The number of anilines is 1. The zero-order valence-electron chi connectivity index (χ0n) is 11.1. The van der Waals surface area contributed by atoms with Crippen LogP contribution in [0.1, 0.15) is 11.1 Å². The summed E-state index contributed by atoms with van der Waals surface area (Å²) in [5.74, 6) is 0.793. The second-order valence-electron chi connectivity index (χ2n) is 4.39. The van der Waals surface area contributed by atoms with Crippen molar-refractivity contribution in [1.29, 1.82) is 0 Å². The van der Waals surface area contributed by atoms with Crippen molar-refractivity contribution in [2.75, 3.05) is 12.4 Å². The summed E-state index contributed by atoms with van der Waals surface area (Å²) in [7, 11) is 1.65. The van der Waals surface area contributed by atoms with Crippen molar-refractivity contribution in [1.82, 2.24) is 0 Å². The van der Waals surface area contributed by atoms with E-state index in [9.17, 15) is 0 Å². The molecule has 0 amide bonds. The van der Waals surface area contributed by atoms with Crippen molar-refractivity contribution in [2.45, 2.75) is 13.5 Å². The van der Waals surface area contributed by atoms with Gasteiger partial charge in [0.05, 0.1) is 12.8 Å². The van der Waals surface area contributed by atoms with Crippen molar-refractivity contribution in [2.24, 2.45) is 0 Å². The van der Waals surface area contributed by atoms with E-state index in [1.807, 2.05) is 31.2 Å². The van der Waals surface area contributed by atoms with Gasteiger partial charge in [0.15, 0.2) is 0 Å². The number of methoxy groups -OCH3 is 1. The van der Waals surface area contributed by atoms with Crippen LogP contribution < -0.4 is 10.1 Å². The molecule has 5 heteroatoms. The molecule has 0 spiro atoms. The van der Waals surface area contributed by atoms with Crippen molar-refractivity contribution >= 4 is 44.8 Å². The monoisotopic (exact) mass is 373 g/mol. The molecule has 0 fully saturated rings. The zero-order chi connectivity index (χ0) is 14.7. The van der Waals surface area contributed by atoms with E-state index in [0.29, 0.717) is 16.6 Å². The molecule has 2 nitrogen and oxygen atoms in total. The highest BCUT2D eigenvalue weighted by Gasteiger charge is 2.09. The summed E-state index contributed by atoms with van der Waals surface area (Å²) in [5.41, 5.74) is 3.04. The second-order valence-corrected chi connectivity index (χ2v) is 6.15. The topological polar surface area (TPSA) is 21.3 Å². The first-order valence-electron chi connectivity index (χ1n) is 6.03. The van der Waals surface area contributed by atoms with Gasteiger partial charge in [-0.2, -0.15) is 0 Å². The third-order valence-electron chi connectivity index (χ3n) is 2.95. The van der Waals surface area contributed by atoms with Gasteiger partial charge in [0.25, 0.3) is 0 Å². The quantitative estimate of drug-likeness (QED) is 0.742. The highest BCUT2D eigenvalue weighted by molar-refractivity contribution is 9.10. The maximum atomic E-state index is 6.17. The highest BCUT2D eigenvalue weighted by Crippen LogP contribution is 2.33. The van der Waals surface area contributed by atoms with E-state index >= 15 is 0 Å².